The summed E-state index contributed by atoms with van der Waals surface area (Å²) >= 11 is 5.68. The SMILES string of the molecule is O=C(C#CC1=CC=CC1)c1ccc(Cl)cc1O. The Morgan fingerprint density at radius 1 is 1.41 bits per heavy atom. The molecule has 0 fully saturated rings. The lowest BCUT2D eigenvalue weighted by atomic mass is 10.1. The molecule has 0 amide bonds. The highest BCUT2D eigenvalue weighted by atomic mass is 35.5. The van der Waals surface area contributed by atoms with Gasteiger partial charge in [0, 0.05) is 10.6 Å². The van der Waals surface area contributed by atoms with Crippen LogP contribution in [0.1, 0.15) is 16.8 Å². The van der Waals surface area contributed by atoms with Gasteiger partial charge < -0.3 is 5.11 Å². The van der Waals surface area contributed by atoms with Crippen molar-refractivity contribution >= 4 is 17.4 Å². The zero-order valence-electron chi connectivity index (χ0n) is 8.90. The van der Waals surface area contributed by atoms with E-state index in [1.165, 1.54) is 12.1 Å². The monoisotopic (exact) mass is 244 g/mol. The molecule has 0 aromatic heterocycles. The first-order valence-electron chi connectivity index (χ1n) is 5.07. The molecule has 84 valence electrons. The lowest BCUT2D eigenvalue weighted by Crippen LogP contribution is -1.95. The normalized spacial score (nSPS) is 12.9. The minimum atomic E-state index is -0.410. The Labute approximate surface area is 104 Å². The topological polar surface area (TPSA) is 37.3 Å². The van der Waals surface area contributed by atoms with E-state index in [4.69, 9.17) is 11.6 Å². The number of allylic oxidation sites excluding steroid dienone is 4. The Kier molecular flexibility index (Phi) is 3.32. The number of ketones is 1. The van der Waals surface area contributed by atoms with E-state index in [1.807, 2.05) is 18.2 Å². The van der Waals surface area contributed by atoms with Crippen molar-refractivity contribution in [3.63, 3.8) is 0 Å². The average molecular weight is 245 g/mol. The number of Topliss-reactive ketones (excluding diaryl/α,β-unsaturated/α-hetero) is 1. The van der Waals surface area contributed by atoms with E-state index in [-0.39, 0.29) is 11.3 Å². The van der Waals surface area contributed by atoms with Gasteiger partial charge in [-0.2, -0.15) is 0 Å². The predicted octanol–water partition coefficient (Wildman–Crippen LogP) is 3.12. The molecule has 1 aromatic carbocycles. The average Bonchev–Trinajstić information content (AvgIpc) is 2.78. The van der Waals surface area contributed by atoms with Gasteiger partial charge in [-0.25, -0.2) is 0 Å². The van der Waals surface area contributed by atoms with Crippen molar-refractivity contribution in [1.29, 1.82) is 0 Å². The molecular weight excluding hydrogens is 236 g/mol. The number of hydrogen-bond donors (Lipinski definition) is 1. The first-order chi connectivity index (χ1) is 8.16. The first-order valence-corrected chi connectivity index (χ1v) is 5.45. The van der Waals surface area contributed by atoms with E-state index in [9.17, 15) is 9.90 Å². The number of carbonyl (C=O) groups is 1. The van der Waals surface area contributed by atoms with Gasteiger partial charge in [0.25, 0.3) is 0 Å². The highest BCUT2D eigenvalue weighted by Gasteiger charge is 2.08. The summed E-state index contributed by atoms with van der Waals surface area (Å²) in [4.78, 5) is 11.7. The molecule has 0 bridgehead atoms. The van der Waals surface area contributed by atoms with Crippen molar-refractivity contribution in [2.45, 2.75) is 6.42 Å². The van der Waals surface area contributed by atoms with Gasteiger partial charge in [-0.05, 0) is 30.5 Å². The first kappa shape index (κ1) is 11.5. The highest BCUT2D eigenvalue weighted by molar-refractivity contribution is 6.31. The molecule has 0 saturated heterocycles. The van der Waals surface area contributed by atoms with Gasteiger partial charge in [0.1, 0.15) is 5.75 Å². The minimum absolute atomic E-state index is 0.143. The number of benzene rings is 1. The summed E-state index contributed by atoms with van der Waals surface area (Å²) in [5.41, 5.74) is 1.07. The van der Waals surface area contributed by atoms with Crippen LogP contribution >= 0.6 is 11.6 Å². The van der Waals surface area contributed by atoms with Crippen LogP contribution in [0.4, 0.5) is 0 Å². The maximum atomic E-state index is 11.7. The Hall–Kier alpha value is -1.98. The Morgan fingerprint density at radius 3 is 2.88 bits per heavy atom. The van der Waals surface area contributed by atoms with Crippen LogP contribution in [0.15, 0.2) is 42.0 Å². The minimum Gasteiger partial charge on any atom is -0.507 e. The van der Waals surface area contributed by atoms with Crippen molar-refractivity contribution in [2.75, 3.05) is 0 Å². The van der Waals surface area contributed by atoms with E-state index >= 15 is 0 Å². The Balaban J connectivity index is 2.20. The molecule has 2 nitrogen and oxygen atoms in total. The zero-order valence-corrected chi connectivity index (χ0v) is 9.66. The molecule has 1 aliphatic carbocycles. The van der Waals surface area contributed by atoms with Gasteiger partial charge in [-0.15, -0.1) is 0 Å². The van der Waals surface area contributed by atoms with E-state index in [0.717, 1.165) is 12.0 Å². The van der Waals surface area contributed by atoms with Gasteiger partial charge >= 0.3 is 0 Å². The zero-order chi connectivity index (χ0) is 12.3. The van der Waals surface area contributed by atoms with Gasteiger partial charge in [-0.1, -0.05) is 35.7 Å². The fraction of sp³-hybridized carbons (Fsp3) is 0.0714. The second kappa shape index (κ2) is 4.90. The largest absolute Gasteiger partial charge is 0.507 e. The lowest BCUT2D eigenvalue weighted by Gasteiger charge is -1.98. The van der Waals surface area contributed by atoms with Crippen molar-refractivity contribution in [3.05, 3.63) is 52.6 Å². The van der Waals surface area contributed by atoms with Crippen LogP contribution in [0.5, 0.6) is 5.75 Å². The molecule has 0 unspecified atom stereocenters. The number of phenols is 1. The Bertz CT molecular complexity index is 586. The van der Waals surface area contributed by atoms with Gasteiger partial charge in [-0.3, -0.25) is 4.79 Å². The van der Waals surface area contributed by atoms with E-state index in [0.29, 0.717) is 5.02 Å². The third-order valence-corrected chi connectivity index (χ3v) is 2.55. The molecule has 0 atom stereocenters. The summed E-state index contributed by atoms with van der Waals surface area (Å²) in [5, 5.41) is 9.94. The molecule has 2 rings (SSSR count). The number of halogens is 1. The third-order valence-electron chi connectivity index (χ3n) is 2.31. The van der Waals surface area contributed by atoms with Crippen LogP contribution in [0.3, 0.4) is 0 Å². The van der Waals surface area contributed by atoms with Crippen molar-refractivity contribution < 1.29 is 9.90 Å². The number of hydrogen-bond acceptors (Lipinski definition) is 2. The summed E-state index contributed by atoms with van der Waals surface area (Å²) in [7, 11) is 0. The quantitative estimate of drug-likeness (QED) is 0.468. The van der Waals surface area contributed by atoms with E-state index in [1.54, 1.807) is 6.07 Å². The maximum absolute atomic E-state index is 11.7. The maximum Gasteiger partial charge on any atom is 0.239 e. The second-order valence-corrected chi connectivity index (χ2v) is 4.00. The fourth-order valence-electron chi connectivity index (χ4n) is 1.44. The van der Waals surface area contributed by atoms with Gasteiger partial charge in [0.15, 0.2) is 0 Å². The van der Waals surface area contributed by atoms with E-state index < -0.39 is 5.78 Å². The van der Waals surface area contributed by atoms with Crippen LogP contribution in [0.2, 0.25) is 5.02 Å². The molecule has 1 N–H and O–H groups in total. The molecule has 0 radical (unpaired) electrons. The summed E-state index contributed by atoms with van der Waals surface area (Å²) in [6.45, 7) is 0. The summed E-state index contributed by atoms with van der Waals surface area (Å²) in [5.74, 6) is 4.72. The molecular formula is C14H9ClO2. The predicted molar refractivity (Wildman–Crippen MR) is 67.1 cm³/mol. The molecule has 17 heavy (non-hydrogen) atoms. The molecule has 0 saturated carbocycles. The van der Waals surface area contributed by atoms with Crippen LogP contribution < -0.4 is 0 Å². The summed E-state index contributed by atoms with van der Waals surface area (Å²) in [6.07, 6.45) is 6.48. The van der Waals surface area contributed by atoms with Gasteiger partial charge in [0.2, 0.25) is 5.78 Å². The molecule has 0 spiro atoms. The van der Waals surface area contributed by atoms with Crippen LogP contribution in [0, 0.1) is 11.8 Å². The highest BCUT2D eigenvalue weighted by Crippen LogP contribution is 2.22. The molecule has 0 heterocycles. The molecule has 0 aliphatic heterocycles. The standard InChI is InChI=1S/C14H9ClO2/c15-11-6-7-12(14(17)9-11)13(16)8-5-10-3-1-2-4-10/h1-3,6-7,9,17H,4H2. The number of phenolic OH excluding ortho intramolecular Hbond substituents is 1. The number of rotatable bonds is 1. The van der Waals surface area contributed by atoms with Crippen LogP contribution in [0.25, 0.3) is 0 Å². The molecule has 1 aliphatic rings. The molecule has 3 heteroatoms. The fourth-order valence-corrected chi connectivity index (χ4v) is 1.61. The van der Waals surface area contributed by atoms with Gasteiger partial charge in [0.05, 0.1) is 5.56 Å². The second-order valence-electron chi connectivity index (χ2n) is 3.56. The van der Waals surface area contributed by atoms with Crippen molar-refractivity contribution in [2.24, 2.45) is 0 Å². The van der Waals surface area contributed by atoms with E-state index in [2.05, 4.69) is 11.8 Å². The summed E-state index contributed by atoms with van der Waals surface area (Å²) < 4.78 is 0. The lowest BCUT2D eigenvalue weighted by molar-refractivity contribution is 0.105. The smallest absolute Gasteiger partial charge is 0.239 e. The summed E-state index contributed by atoms with van der Waals surface area (Å²) in [6, 6.07) is 4.34. The Morgan fingerprint density at radius 2 is 2.24 bits per heavy atom. The van der Waals surface area contributed by atoms with Crippen molar-refractivity contribution in [3.8, 4) is 17.6 Å². The van der Waals surface area contributed by atoms with Crippen molar-refractivity contribution in [1.82, 2.24) is 0 Å². The molecule has 1 aromatic rings. The number of carbonyl (C=O) groups excluding carboxylic acids is 1. The third kappa shape index (κ3) is 2.77. The number of aromatic hydroxyl groups is 1. The van der Waals surface area contributed by atoms with Crippen LogP contribution in [-0.4, -0.2) is 10.9 Å². The van der Waals surface area contributed by atoms with Crippen LogP contribution in [-0.2, 0) is 0 Å².